The summed E-state index contributed by atoms with van der Waals surface area (Å²) >= 11 is 0. The van der Waals surface area contributed by atoms with Crippen molar-refractivity contribution in [3.05, 3.63) is 65.5 Å². The molecule has 8 heteroatoms. The minimum absolute atomic E-state index is 0.0356. The Labute approximate surface area is 186 Å². The third-order valence-corrected chi connectivity index (χ3v) is 6.03. The van der Waals surface area contributed by atoms with Crippen molar-refractivity contribution in [2.75, 3.05) is 33.3 Å². The molecule has 0 bridgehead atoms. The van der Waals surface area contributed by atoms with Gasteiger partial charge in [-0.1, -0.05) is 24.3 Å². The van der Waals surface area contributed by atoms with E-state index < -0.39 is 6.04 Å². The van der Waals surface area contributed by atoms with Gasteiger partial charge in [0.1, 0.15) is 24.2 Å². The first-order valence-corrected chi connectivity index (χ1v) is 10.7. The number of fused-ring (bicyclic) bond motifs is 1. The molecule has 168 valence electrons. The SMILES string of the molecule is COc1ccc(CC(=O)N2CCC3C(=O)N(Cc4cccc(F)c4)CC(=O)N3CC2)cc1. The Kier molecular flexibility index (Phi) is 6.39. The summed E-state index contributed by atoms with van der Waals surface area (Å²) in [6, 6.07) is 12.8. The minimum Gasteiger partial charge on any atom is -0.497 e. The second-order valence-corrected chi connectivity index (χ2v) is 8.12. The highest BCUT2D eigenvalue weighted by Gasteiger charge is 2.41. The van der Waals surface area contributed by atoms with E-state index in [1.54, 1.807) is 29.0 Å². The van der Waals surface area contributed by atoms with Crippen molar-refractivity contribution < 1.29 is 23.5 Å². The summed E-state index contributed by atoms with van der Waals surface area (Å²) < 4.78 is 18.7. The number of nitrogens with zero attached hydrogens (tertiary/aromatic N) is 3. The van der Waals surface area contributed by atoms with Crippen LogP contribution in [0.15, 0.2) is 48.5 Å². The number of rotatable bonds is 5. The van der Waals surface area contributed by atoms with E-state index in [-0.39, 0.29) is 43.0 Å². The first-order valence-electron chi connectivity index (χ1n) is 10.7. The number of piperazine rings is 1. The summed E-state index contributed by atoms with van der Waals surface area (Å²) in [5, 5.41) is 0. The normalized spacial score (nSPS) is 18.9. The second-order valence-electron chi connectivity index (χ2n) is 8.12. The van der Waals surface area contributed by atoms with E-state index in [0.29, 0.717) is 31.6 Å². The first kappa shape index (κ1) is 21.8. The molecule has 2 heterocycles. The summed E-state index contributed by atoms with van der Waals surface area (Å²) in [5.74, 6) is 0.0216. The molecule has 2 aromatic carbocycles. The predicted molar refractivity (Wildman–Crippen MR) is 115 cm³/mol. The molecular weight excluding hydrogens is 413 g/mol. The van der Waals surface area contributed by atoms with Crippen LogP contribution in [0.1, 0.15) is 17.5 Å². The Bertz CT molecular complexity index is 1010. The molecule has 0 aromatic heterocycles. The highest BCUT2D eigenvalue weighted by molar-refractivity contribution is 5.95. The summed E-state index contributed by atoms with van der Waals surface area (Å²) in [7, 11) is 1.59. The van der Waals surface area contributed by atoms with Crippen LogP contribution in [0.3, 0.4) is 0 Å². The van der Waals surface area contributed by atoms with Gasteiger partial charge in [-0.25, -0.2) is 4.39 Å². The molecule has 0 saturated carbocycles. The predicted octanol–water partition coefficient (Wildman–Crippen LogP) is 1.85. The zero-order valence-corrected chi connectivity index (χ0v) is 18.0. The summed E-state index contributed by atoms with van der Waals surface area (Å²) in [6.45, 7) is 1.28. The fourth-order valence-corrected chi connectivity index (χ4v) is 4.30. The van der Waals surface area contributed by atoms with E-state index in [0.717, 1.165) is 11.3 Å². The van der Waals surface area contributed by atoms with Crippen LogP contribution < -0.4 is 4.74 Å². The van der Waals surface area contributed by atoms with Crippen molar-refractivity contribution in [2.24, 2.45) is 0 Å². The smallest absolute Gasteiger partial charge is 0.246 e. The van der Waals surface area contributed by atoms with Crippen LogP contribution in [0.2, 0.25) is 0 Å². The molecule has 2 saturated heterocycles. The number of carbonyl (C=O) groups excluding carboxylic acids is 3. The van der Waals surface area contributed by atoms with Crippen molar-refractivity contribution in [3.8, 4) is 5.75 Å². The standard InChI is InChI=1S/C24H26FN3O4/c1-32-20-7-5-17(6-8-20)14-22(29)26-10-9-21-24(31)27(16-23(30)28(21)12-11-26)15-18-3-2-4-19(25)13-18/h2-8,13,21H,9-12,14-16H2,1H3. The van der Waals surface area contributed by atoms with Gasteiger partial charge < -0.3 is 19.4 Å². The number of halogens is 1. The van der Waals surface area contributed by atoms with Gasteiger partial charge >= 0.3 is 0 Å². The first-order chi connectivity index (χ1) is 15.4. The molecule has 0 aliphatic carbocycles. The third kappa shape index (κ3) is 4.74. The van der Waals surface area contributed by atoms with Gasteiger partial charge in [0.05, 0.1) is 13.5 Å². The number of benzene rings is 2. The molecule has 2 fully saturated rings. The monoisotopic (exact) mass is 439 g/mol. The summed E-state index contributed by atoms with van der Waals surface area (Å²) in [6.07, 6.45) is 0.640. The highest BCUT2D eigenvalue weighted by atomic mass is 19.1. The maximum Gasteiger partial charge on any atom is 0.246 e. The lowest BCUT2D eigenvalue weighted by atomic mass is 10.1. The van der Waals surface area contributed by atoms with Gasteiger partial charge in [0.25, 0.3) is 0 Å². The summed E-state index contributed by atoms with van der Waals surface area (Å²) in [5.41, 5.74) is 1.52. The molecule has 2 aromatic rings. The number of hydrogen-bond acceptors (Lipinski definition) is 4. The zero-order chi connectivity index (χ0) is 22.7. The Morgan fingerprint density at radius 1 is 1.06 bits per heavy atom. The highest BCUT2D eigenvalue weighted by Crippen LogP contribution is 2.22. The van der Waals surface area contributed by atoms with Gasteiger partial charge in [-0.15, -0.1) is 0 Å². The number of carbonyl (C=O) groups is 3. The van der Waals surface area contributed by atoms with E-state index in [2.05, 4.69) is 0 Å². The summed E-state index contributed by atoms with van der Waals surface area (Å²) in [4.78, 5) is 43.5. The lowest BCUT2D eigenvalue weighted by molar-refractivity contribution is -0.156. The van der Waals surface area contributed by atoms with Crippen LogP contribution in [0.4, 0.5) is 4.39 Å². The Hall–Kier alpha value is -3.42. The van der Waals surface area contributed by atoms with Crippen molar-refractivity contribution >= 4 is 17.7 Å². The molecule has 4 rings (SSSR count). The topological polar surface area (TPSA) is 70.2 Å². The van der Waals surface area contributed by atoms with Crippen molar-refractivity contribution in [1.82, 2.24) is 14.7 Å². The molecule has 0 radical (unpaired) electrons. The lowest BCUT2D eigenvalue weighted by Crippen LogP contribution is -2.59. The average molecular weight is 439 g/mol. The fourth-order valence-electron chi connectivity index (χ4n) is 4.30. The van der Waals surface area contributed by atoms with Crippen molar-refractivity contribution in [2.45, 2.75) is 25.4 Å². The second kappa shape index (κ2) is 9.38. The Balaban J connectivity index is 1.40. The number of ether oxygens (including phenoxy) is 1. The fraction of sp³-hybridized carbons (Fsp3) is 0.375. The molecule has 2 aliphatic heterocycles. The number of methoxy groups -OCH3 is 1. The maximum atomic E-state index is 13.5. The number of hydrogen-bond donors (Lipinski definition) is 0. The van der Waals surface area contributed by atoms with Gasteiger partial charge in [0, 0.05) is 26.2 Å². The van der Waals surface area contributed by atoms with Gasteiger partial charge in [-0.2, -0.15) is 0 Å². The largest absolute Gasteiger partial charge is 0.497 e. The molecule has 0 N–H and O–H groups in total. The molecule has 0 spiro atoms. The molecule has 1 atom stereocenters. The van der Waals surface area contributed by atoms with Crippen molar-refractivity contribution in [1.29, 1.82) is 0 Å². The van der Waals surface area contributed by atoms with Crippen LogP contribution in [-0.4, -0.2) is 71.8 Å². The van der Waals surface area contributed by atoms with Crippen LogP contribution >= 0.6 is 0 Å². The average Bonchev–Trinajstić information content (AvgIpc) is 3.02. The molecule has 3 amide bonds. The van der Waals surface area contributed by atoms with Gasteiger partial charge in [-0.3, -0.25) is 14.4 Å². The minimum atomic E-state index is -0.594. The van der Waals surface area contributed by atoms with Crippen LogP contribution in [0, 0.1) is 5.82 Å². The van der Waals surface area contributed by atoms with Gasteiger partial charge in [0.2, 0.25) is 17.7 Å². The van der Waals surface area contributed by atoms with Crippen LogP contribution in [0.5, 0.6) is 5.75 Å². The maximum absolute atomic E-state index is 13.5. The zero-order valence-electron chi connectivity index (χ0n) is 18.0. The Morgan fingerprint density at radius 2 is 1.84 bits per heavy atom. The number of amides is 3. The Morgan fingerprint density at radius 3 is 2.56 bits per heavy atom. The molecule has 1 unspecified atom stereocenters. The molecule has 7 nitrogen and oxygen atoms in total. The van der Waals surface area contributed by atoms with E-state index in [1.165, 1.54) is 17.0 Å². The van der Waals surface area contributed by atoms with Gasteiger partial charge in [0.15, 0.2) is 0 Å². The molecular formula is C24H26FN3O4. The van der Waals surface area contributed by atoms with Crippen LogP contribution in [-0.2, 0) is 27.3 Å². The molecule has 2 aliphatic rings. The van der Waals surface area contributed by atoms with Crippen LogP contribution in [0.25, 0.3) is 0 Å². The van der Waals surface area contributed by atoms with E-state index in [1.807, 2.05) is 24.3 Å². The van der Waals surface area contributed by atoms with E-state index in [4.69, 9.17) is 4.74 Å². The van der Waals surface area contributed by atoms with E-state index >= 15 is 0 Å². The van der Waals surface area contributed by atoms with Gasteiger partial charge in [-0.05, 0) is 41.8 Å². The quantitative estimate of drug-likeness (QED) is 0.713. The van der Waals surface area contributed by atoms with E-state index in [9.17, 15) is 18.8 Å². The third-order valence-electron chi connectivity index (χ3n) is 6.03. The van der Waals surface area contributed by atoms with Crippen molar-refractivity contribution in [3.63, 3.8) is 0 Å². The lowest BCUT2D eigenvalue weighted by Gasteiger charge is -2.39. The molecule has 32 heavy (non-hydrogen) atoms.